The highest BCUT2D eigenvalue weighted by atomic mass is 32.2. The molecule has 5 rings (SSSR count). The zero-order chi connectivity index (χ0) is 36.5. The summed E-state index contributed by atoms with van der Waals surface area (Å²) in [6.45, 7) is 1.41. The number of nitrogens with zero attached hydrogens (tertiary/aromatic N) is 1. The number of amides is 2. The Morgan fingerprint density at radius 3 is 1.94 bits per heavy atom. The lowest BCUT2D eigenvalue weighted by Crippen LogP contribution is -2.60. The van der Waals surface area contributed by atoms with Crippen LogP contribution in [0.5, 0.6) is 11.5 Å². The van der Waals surface area contributed by atoms with E-state index in [9.17, 15) is 44.3 Å². The molecule has 2 saturated carbocycles. The first kappa shape index (κ1) is 38.4. The summed E-state index contributed by atoms with van der Waals surface area (Å²) in [6.07, 6.45) is 11.5. The molecule has 0 spiro atoms. The zero-order valence-electron chi connectivity index (χ0n) is 28.0. The van der Waals surface area contributed by atoms with Gasteiger partial charge in [-0.1, -0.05) is 58.1 Å². The summed E-state index contributed by atoms with van der Waals surface area (Å²) in [7, 11) is -7.02. The van der Waals surface area contributed by atoms with E-state index in [-0.39, 0.29) is 23.8 Å². The van der Waals surface area contributed by atoms with Crippen LogP contribution in [0.15, 0.2) is 24.3 Å². The minimum Gasteiger partial charge on any atom is -0.493 e. The number of halogens is 6. The smallest absolute Gasteiger partial charge is 0.440 e. The van der Waals surface area contributed by atoms with Crippen LogP contribution in [0.3, 0.4) is 0 Å². The number of hydrogen-bond acceptors (Lipinski definition) is 8. The maximum absolute atomic E-state index is 15.0. The van der Waals surface area contributed by atoms with Crippen molar-refractivity contribution in [2.24, 2.45) is 23.7 Å². The molecule has 1 saturated heterocycles. The van der Waals surface area contributed by atoms with Gasteiger partial charge in [-0.15, -0.1) is 9.35 Å². The Labute approximate surface area is 287 Å². The Kier molecular flexibility index (Phi) is 11.5. The molecular formula is C34H43F6NO8S. The highest BCUT2D eigenvalue weighted by molar-refractivity contribution is 7.87. The Bertz CT molecular complexity index is 1520. The van der Waals surface area contributed by atoms with Crippen molar-refractivity contribution in [3.63, 3.8) is 0 Å². The molecule has 3 fully saturated rings. The van der Waals surface area contributed by atoms with Crippen LogP contribution in [0, 0.1) is 23.7 Å². The lowest BCUT2D eigenvalue weighted by Gasteiger charge is -2.32. The van der Waals surface area contributed by atoms with E-state index in [4.69, 9.17) is 14.2 Å². The molecule has 0 N–H and O–H groups in total. The second-order valence-corrected chi connectivity index (χ2v) is 15.1. The molecular weight excluding hydrogens is 696 g/mol. The van der Waals surface area contributed by atoms with E-state index in [1.807, 2.05) is 13.8 Å². The number of ether oxygens (including phenoxy) is 3. The van der Waals surface area contributed by atoms with Crippen LogP contribution >= 0.6 is 0 Å². The molecule has 9 nitrogen and oxygen atoms in total. The van der Waals surface area contributed by atoms with E-state index in [2.05, 4.69) is 4.28 Å². The zero-order valence-corrected chi connectivity index (χ0v) is 28.8. The van der Waals surface area contributed by atoms with Gasteiger partial charge in [0, 0.05) is 11.1 Å². The van der Waals surface area contributed by atoms with Gasteiger partial charge >= 0.3 is 27.2 Å². The average Bonchev–Trinajstić information content (AvgIpc) is 3.76. The van der Waals surface area contributed by atoms with Gasteiger partial charge < -0.3 is 14.2 Å². The number of alkyl halides is 6. The second-order valence-electron chi connectivity index (χ2n) is 13.5. The maximum atomic E-state index is 15.0. The Hall–Kier alpha value is -2.85. The van der Waals surface area contributed by atoms with Gasteiger partial charge in [0.25, 0.3) is 11.8 Å². The van der Waals surface area contributed by atoms with Crippen molar-refractivity contribution >= 4 is 21.9 Å². The Morgan fingerprint density at radius 2 is 1.38 bits per heavy atom. The lowest BCUT2D eigenvalue weighted by molar-refractivity contribution is -0.296. The van der Waals surface area contributed by atoms with E-state index in [0.29, 0.717) is 25.2 Å². The SMILES string of the molecule is CCCCOc1cc(C2CCCCC2)c(OCCCC)cc1COCC(F)(F)C(F)(F)C(F)(F)S(=O)(=O)ON1C(=O)C2C3C=CC(C3)C2C1=O. The monoisotopic (exact) mass is 739 g/mol. The molecule has 50 heavy (non-hydrogen) atoms. The normalized spacial score (nSPS) is 24.4. The van der Waals surface area contributed by atoms with Crippen LogP contribution < -0.4 is 9.47 Å². The van der Waals surface area contributed by atoms with Crippen molar-refractivity contribution in [1.29, 1.82) is 0 Å². The van der Waals surface area contributed by atoms with E-state index in [1.54, 1.807) is 18.2 Å². The van der Waals surface area contributed by atoms with Gasteiger partial charge in [-0.25, -0.2) is 0 Å². The second kappa shape index (κ2) is 15.0. The molecule has 4 aliphatic rings. The van der Waals surface area contributed by atoms with Gasteiger partial charge in [0.15, 0.2) is 0 Å². The fourth-order valence-electron chi connectivity index (χ4n) is 7.22. The molecule has 3 aliphatic carbocycles. The number of benzene rings is 1. The van der Waals surface area contributed by atoms with Crippen molar-refractivity contribution in [3.8, 4) is 11.5 Å². The molecule has 4 atom stereocenters. The Morgan fingerprint density at radius 1 is 0.820 bits per heavy atom. The number of imide groups is 1. The minimum absolute atomic E-state index is 0.147. The third kappa shape index (κ3) is 7.12. The van der Waals surface area contributed by atoms with E-state index in [1.165, 1.54) is 6.07 Å². The van der Waals surface area contributed by atoms with Crippen LogP contribution in [-0.2, 0) is 35.3 Å². The van der Waals surface area contributed by atoms with Crippen LogP contribution in [0.25, 0.3) is 0 Å². The van der Waals surface area contributed by atoms with Gasteiger partial charge in [0.05, 0.1) is 31.7 Å². The molecule has 2 amide bonds. The number of hydrogen-bond donors (Lipinski definition) is 0. The lowest BCUT2D eigenvalue weighted by atomic mass is 9.83. The highest BCUT2D eigenvalue weighted by Gasteiger charge is 2.79. The molecule has 2 bridgehead atoms. The van der Waals surface area contributed by atoms with E-state index >= 15 is 0 Å². The standard InChI is InChI=1S/C34H43F6NO8S/c1-3-5-14-47-26-18-25(21-10-8-7-9-11-21)27(48-15-6-4-2)17-24(26)19-46-20-32(35,36)33(37,38)34(39,40)50(44,45)49-41-30(42)28-22-12-13-23(16-22)29(28)31(41)43/h12-13,17-18,21-23,28-29H,3-11,14-16,19-20H2,1-2H3. The van der Waals surface area contributed by atoms with Crippen LogP contribution in [0.1, 0.15) is 95.1 Å². The van der Waals surface area contributed by atoms with E-state index < -0.39 is 81.0 Å². The van der Waals surface area contributed by atoms with Gasteiger partial charge in [-0.2, -0.15) is 34.8 Å². The minimum atomic E-state index is -7.02. The third-order valence-electron chi connectivity index (χ3n) is 10.0. The predicted octanol–water partition coefficient (Wildman–Crippen LogP) is 7.54. The first-order valence-electron chi connectivity index (χ1n) is 17.2. The van der Waals surface area contributed by atoms with E-state index in [0.717, 1.165) is 56.9 Å². The predicted molar refractivity (Wildman–Crippen MR) is 167 cm³/mol. The summed E-state index contributed by atoms with van der Waals surface area (Å²) in [5, 5.41) is -7.11. The number of allylic oxidation sites excluding steroid dienone is 2. The van der Waals surface area contributed by atoms with Crippen molar-refractivity contribution < 1.29 is 62.8 Å². The number of carbonyl (C=O) groups is 2. The largest absolute Gasteiger partial charge is 0.493 e. The van der Waals surface area contributed by atoms with Crippen molar-refractivity contribution in [2.45, 2.75) is 108 Å². The molecule has 1 heterocycles. The summed E-state index contributed by atoms with van der Waals surface area (Å²) in [4.78, 5) is 25.4. The maximum Gasteiger partial charge on any atom is 0.440 e. The third-order valence-corrected chi connectivity index (χ3v) is 11.3. The van der Waals surface area contributed by atoms with Crippen molar-refractivity contribution in [1.82, 2.24) is 5.06 Å². The number of carbonyl (C=O) groups excluding carboxylic acids is 2. The topological polar surface area (TPSA) is 108 Å². The number of fused-ring (bicyclic) bond motifs is 5. The average molecular weight is 740 g/mol. The van der Waals surface area contributed by atoms with Crippen LogP contribution in [0.2, 0.25) is 0 Å². The fraction of sp³-hybridized carbons (Fsp3) is 0.706. The molecule has 0 aromatic heterocycles. The molecule has 1 aliphatic heterocycles. The molecule has 4 unspecified atom stereocenters. The fourth-order valence-corrected chi connectivity index (χ4v) is 8.12. The first-order chi connectivity index (χ1) is 23.6. The summed E-state index contributed by atoms with van der Waals surface area (Å²) < 4.78 is 135. The highest BCUT2D eigenvalue weighted by Crippen LogP contribution is 2.54. The summed E-state index contributed by atoms with van der Waals surface area (Å²) in [5.74, 6) is -17.4. The first-order valence-corrected chi connectivity index (χ1v) is 18.6. The van der Waals surface area contributed by atoms with Crippen molar-refractivity contribution in [3.05, 3.63) is 35.4 Å². The number of unbranched alkanes of at least 4 members (excludes halogenated alkanes) is 2. The molecule has 1 aromatic carbocycles. The molecule has 0 radical (unpaired) electrons. The van der Waals surface area contributed by atoms with Gasteiger partial charge in [-0.3, -0.25) is 9.59 Å². The Balaban J connectivity index is 1.31. The quantitative estimate of drug-likeness (QED) is 0.0658. The molecule has 280 valence electrons. The van der Waals surface area contributed by atoms with Gasteiger partial charge in [0.1, 0.15) is 18.1 Å². The summed E-state index contributed by atoms with van der Waals surface area (Å²) >= 11 is 0. The molecule has 1 aromatic rings. The number of hydroxylamine groups is 2. The van der Waals surface area contributed by atoms with Crippen LogP contribution in [-0.4, -0.2) is 62.2 Å². The van der Waals surface area contributed by atoms with Crippen molar-refractivity contribution in [2.75, 3.05) is 19.8 Å². The molecule has 16 heteroatoms. The number of rotatable bonds is 18. The summed E-state index contributed by atoms with van der Waals surface area (Å²) in [6, 6.07) is 3.25. The van der Waals surface area contributed by atoms with Crippen LogP contribution in [0.4, 0.5) is 26.3 Å². The van der Waals surface area contributed by atoms with Gasteiger partial charge in [-0.05, 0) is 62.0 Å². The summed E-state index contributed by atoms with van der Waals surface area (Å²) in [5.41, 5.74) is 1.01. The van der Waals surface area contributed by atoms with Gasteiger partial charge in [0.2, 0.25) is 0 Å².